The predicted octanol–water partition coefficient (Wildman–Crippen LogP) is 5.40. The maximum atomic E-state index is 9.98. The highest BCUT2D eigenvalue weighted by Gasteiger charge is 2.47. The highest BCUT2D eigenvalue weighted by atomic mass is 35.5. The first-order valence-corrected chi connectivity index (χ1v) is 12.8. The van der Waals surface area contributed by atoms with E-state index in [-0.39, 0.29) is 11.4 Å². The molecule has 0 saturated carbocycles. The third-order valence-electron chi connectivity index (χ3n) is 5.77. The molecule has 0 unspecified atom stereocenters. The molecule has 5 nitrogen and oxygen atoms in total. The molecule has 0 bridgehead atoms. The molecule has 34 heavy (non-hydrogen) atoms. The summed E-state index contributed by atoms with van der Waals surface area (Å²) in [5.41, 5.74) is 5.60. The molecular formula is C27H30ClNO4S. The summed E-state index contributed by atoms with van der Waals surface area (Å²) in [6.07, 6.45) is -1.22. The Kier molecular flexibility index (Phi) is 9.83. The first-order valence-electron chi connectivity index (χ1n) is 11.4. The Labute approximate surface area is 210 Å². The van der Waals surface area contributed by atoms with Gasteiger partial charge in [0.25, 0.3) is 0 Å². The molecule has 1 fully saturated rings. The van der Waals surface area contributed by atoms with Crippen LogP contribution in [0, 0.1) is 0 Å². The lowest BCUT2D eigenvalue weighted by atomic mass is 10.0. The van der Waals surface area contributed by atoms with Gasteiger partial charge in [0.05, 0.1) is 25.9 Å². The van der Waals surface area contributed by atoms with Gasteiger partial charge in [0.2, 0.25) is 0 Å². The number of nitrogens with one attached hydrogen (secondary N) is 1. The van der Waals surface area contributed by atoms with Gasteiger partial charge in [0.1, 0.15) is 17.6 Å². The largest absolute Gasteiger partial charge is 0.370 e. The fraction of sp³-hybridized carbons (Fsp3) is 0.333. The molecule has 1 aliphatic heterocycles. The van der Waals surface area contributed by atoms with Crippen molar-refractivity contribution in [2.24, 2.45) is 0 Å². The van der Waals surface area contributed by atoms with E-state index in [4.69, 9.17) is 25.8 Å². The molecule has 7 heteroatoms. The molecule has 0 amide bonds. The molecule has 0 spiro atoms. The Morgan fingerprint density at radius 3 is 1.47 bits per heavy atom. The van der Waals surface area contributed by atoms with Crippen LogP contribution in [-0.4, -0.2) is 40.0 Å². The molecule has 4 rings (SSSR count). The smallest absolute Gasteiger partial charge is 0.114 e. The fourth-order valence-corrected chi connectivity index (χ4v) is 5.70. The Balaban J connectivity index is 1.56. The van der Waals surface area contributed by atoms with Crippen LogP contribution in [0.15, 0.2) is 91.0 Å². The molecule has 3 aromatic rings. The summed E-state index contributed by atoms with van der Waals surface area (Å²) < 4.78 is 19.2. The van der Waals surface area contributed by atoms with Crippen LogP contribution in [0.1, 0.15) is 16.7 Å². The highest BCUT2D eigenvalue weighted by Crippen LogP contribution is 2.38. The van der Waals surface area contributed by atoms with E-state index in [2.05, 4.69) is 5.48 Å². The lowest BCUT2D eigenvalue weighted by Gasteiger charge is -2.45. The second-order valence-corrected chi connectivity index (χ2v) is 9.86. The van der Waals surface area contributed by atoms with Crippen molar-refractivity contribution >= 4 is 23.4 Å². The first kappa shape index (κ1) is 25.2. The Bertz CT molecular complexity index is 909. The van der Waals surface area contributed by atoms with Crippen molar-refractivity contribution in [3.05, 3.63) is 108 Å². The number of alkyl halides is 1. The number of rotatable bonds is 11. The van der Waals surface area contributed by atoms with Gasteiger partial charge < -0.3 is 19.4 Å². The molecule has 3 aromatic carbocycles. The number of thioether (sulfide) groups is 1. The van der Waals surface area contributed by atoms with E-state index in [0.717, 1.165) is 16.7 Å². The molecule has 0 aromatic heterocycles. The van der Waals surface area contributed by atoms with Crippen molar-refractivity contribution in [3.8, 4) is 0 Å². The lowest BCUT2D eigenvalue weighted by Crippen LogP contribution is -2.59. The minimum Gasteiger partial charge on any atom is -0.370 e. The van der Waals surface area contributed by atoms with Gasteiger partial charge in [-0.05, 0) is 16.7 Å². The normalized spacial score (nSPS) is 24.7. The van der Waals surface area contributed by atoms with Crippen molar-refractivity contribution in [1.29, 1.82) is 0 Å². The zero-order chi connectivity index (χ0) is 23.6. The predicted molar refractivity (Wildman–Crippen MR) is 136 cm³/mol. The quantitative estimate of drug-likeness (QED) is 0.272. The van der Waals surface area contributed by atoms with Crippen LogP contribution in [-0.2, 0) is 34.0 Å². The van der Waals surface area contributed by atoms with Gasteiger partial charge >= 0.3 is 0 Å². The van der Waals surface area contributed by atoms with Gasteiger partial charge in [-0.15, -0.1) is 23.4 Å². The van der Waals surface area contributed by atoms with Crippen LogP contribution in [0.2, 0.25) is 0 Å². The van der Waals surface area contributed by atoms with E-state index in [9.17, 15) is 5.21 Å². The van der Waals surface area contributed by atoms with Crippen molar-refractivity contribution < 1.29 is 19.4 Å². The summed E-state index contributed by atoms with van der Waals surface area (Å²) in [6, 6.07) is 30.0. The molecule has 5 atom stereocenters. The van der Waals surface area contributed by atoms with Crippen molar-refractivity contribution in [2.75, 3.05) is 5.88 Å². The number of halogens is 1. The highest BCUT2D eigenvalue weighted by molar-refractivity contribution is 8.00. The van der Waals surface area contributed by atoms with Gasteiger partial charge in [-0.1, -0.05) is 91.0 Å². The van der Waals surface area contributed by atoms with E-state index in [0.29, 0.717) is 25.7 Å². The third-order valence-corrected chi connectivity index (χ3v) is 7.74. The van der Waals surface area contributed by atoms with E-state index in [1.165, 1.54) is 11.8 Å². The summed E-state index contributed by atoms with van der Waals surface area (Å²) in [7, 11) is 0. The summed E-state index contributed by atoms with van der Waals surface area (Å²) in [6.45, 7) is 1.24. The van der Waals surface area contributed by atoms with Crippen LogP contribution in [0.3, 0.4) is 0 Å². The molecular weight excluding hydrogens is 470 g/mol. The van der Waals surface area contributed by atoms with Crippen LogP contribution in [0.25, 0.3) is 0 Å². The SMILES string of the molecule is ON[C@H]1S[C@H](CCl)[C@@H](OCc2ccccc2)[C@H](OCc2ccccc2)[C@H]1OCc1ccccc1. The third kappa shape index (κ3) is 6.83. The Morgan fingerprint density at radius 1 is 0.647 bits per heavy atom. The van der Waals surface area contributed by atoms with Crippen LogP contribution in [0.4, 0.5) is 0 Å². The lowest BCUT2D eigenvalue weighted by molar-refractivity contribution is -0.162. The topological polar surface area (TPSA) is 60.0 Å². The molecule has 1 saturated heterocycles. The average molecular weight is 500 g/mol. The minimum absolute atomic E-state index is 0.0904. The number of hydrogen-bond donors (Lipinski definition) is 2. The van der Waals surface area contributed by atoms with E-state index < -0.39 is 17.6 Å². The molecule has 0 radical (unpaired) electrons. The minimum atomic E-state index is -0.459. The van der Waals surface area contributed by atoms with Crippen molar-refractivity contribution in [1.82, 2.24) is 5.48 Å². The number of hydrogen-bond acceptors (Lipinski definition) is 6. The molecule has 2 N–H and O–H groups in total. The zero-order valence-corrected chi connectivity index (χ0v) is 20.4. The maximum absolute atomic E-state index is 9.98. The Morgan fingerprint density at radius 2 is 1.06 bits per heavy atom. The number of benzene rings is 3. The average Bonchev–Trinajstić information content (AvgIpc) is 2.91. The van der Waals surface area contributed by atoms with Crippen LogP contribution < -0.4 is 5.48 Å². The van der Waals surface area contributed by atoms with Gasteiger partial charge in [-0.2, -0.15) is 5.48 Å². The van der Waals surface area contributed by atoms with Crippen molar-refractivity contribution in [3.63, 3.8) is 0 Å². The first-order chi connectivity index (χ1) is 16.8. The molecule has 1 heterocycles. The number of ether oxygens (including phenoxy) is 3. The zero-order valence-electron chi connectivity index (χ0n) is 18.8. The van der Waals surface area contributed by atoms with Gasteiger partial charge in [-0.25, -0.2) is 0 Å². The second kappa shape index (κ2) is 13.3. The molecule has 180 valence electrons. The van der Waals surface area contributed by atoms with Gasteiger partial charge in [0, 0.05) is 11.1 Å². The fourth-order valence-electron chi connectivity index (χ4n) is 4.02. The van der Waals surface area contributed by atoms with Crippen molar-refractivity contribution in [2.45, 2.75) is 48.8 Å². The summed E-state index contributed by atoms with van der Waals surface area (Å²) in [5.74, 6) is 0.360. The maximum Gasteiger partial charge on any atom is 0.114 e. The van der Waals surface area contributed by atoms with Gasteiger partial charge in [0.15, 0.2) is 0 Å². The summed E-state index contributed by atoms with van der Waals surface area (Å²) in [5, 5.41) is 9.48. The number of hydroxylamine groups is 1. The van der Waals surface area contributed by atoms with Crippen LogP contribution >= 0.6 is 23.4 Å². The molecule has 1 aliphatic rings. The van der Waals surface area contributed by atoms with E-state index in [1.807, 2.05) is 91.0 Å². The van der Waals surface area contributed by atoms with Gasteiger partial charge in [-0.3, -0.25) is 0 Å². The summed E-state index contributed by atoms with van der Waals surface area (Å²) in [4.78, 5) is 0. The summed E-state index contributed by atoms with van der Waals surface area (Å²) >= 11 is 7.90. The molecule has 0 aliphatic carbocycles. The Hall–Kier alpha value is -1.90. The van der Waals surface area contributed by atoms with E-state index in [1.54, 1.807) is 0 Å². The standard InChI is InChI=1S/C27H30ClNO4S/c28-16-23-24(31-17-20-10-4-1-5-11-20)25(32-18-21-12-6-2-7-13-21)26(27(29-30)34-23)33-19-22-14-8-3-9-15-22/h1-15,23-27,29-30H,16-19H2/t23-,24-,25+,26-,27+/m1/s1. The second-order valence-electron chi connectivity index (χ2n) is 8.16. The monoisotopic (exact) mass is 499 g/mol. The van der Waals surface area contributed by atoms with Crippen LogP contribution in [0.5, 0.6) is 0 Å². The van der Waals surface area contributed by atoms with E-state index >= 15 is 0 Å².